The molecular weight excluding hydrogens is 194 g/mol. The monoisotopic (exact) mass is 211 g/mol. The predicted molar refractivity (Wildman–Crippen MR) is 57.4 cm³/mol. The van der Waals surface area contributed by atoms with Crippen molar-refractivity contribution in [2.24, 2.45) is 0 Å². The van der Waals surface area contributed by atoms with Crippen LogP contribution in [0.25, 0.3) is 0 Å². The molecule has 0 bridgehead atoms. The second-order valence-electron chi connectivity index (χ2n) is 3.92. The summed E-state index contributed by atoms with van der Waals surface area (Å²) in [5.41, 5.74) is 0.828. The molecule has 0 atom stereocenters. The summed E-state index contributed by atoms with van der Waals surface area (Å²) in [6.45, 7) is 8.90. The van der Waals surface area contributed by atoms with Crippen molar-refractivity contribution < 1.29 is 9.59 Å². The Morgan fingerprint density at radius 2 is 2.27 bits per heavy atom. The number of amides is 3. The highest BCUT2D eigenvalue weighted by atomic mass is 16.2. The van der Waals surface area contributed by atoms with E-state index in [1.807, 2.05) is 13.8 Å². The van der Waals surface area contributed by atoms with Crippen LogP contribution < -0.4 is 10.6 Å². The molecule has 0 aromatic rings. The molecule has 0 radical (unpaired) electrons. The average molecular weight is 211 g/mol. The van der Waals surface area contributed by atoms with Crippen LogP contribution >= 0.6 is 0 Å². The van der Waals surface area contributed by atoms with Crippen molar-refractivity contribution in [1.29, 1.82) is 0 Å². The largest absolute Gasteiger partial charge is 0.329 e. The maximum Gasteiger partial charge on any atom is 0.324 e. The van der Waals surface area contributed by atoms with Gasteiger partial charge in [-0.15, -0.1) is 0 Å². The van der Waals surface area contributed by atoms with Crippen LogP contribution in [0.5, 0.6) is 0 Å². The molecule has 3 amide bonds. The molecule has 1 rings (SSSR count). The Labute approximate surface area is 89.5 Å². The van der Waals surface area contributed by atoms with Gasteiger partial charge in [-0.3, -0.25) is 9.69 Å². The molecule has 15 heavy (non-hydrogen) atoms. The zero-order valence-corrected chi connectivity index (χ0v) is 9.17. The normalized spacial score (nSPS) is 16.1. The maximum absolute atomic E-state index is 11.2. The molecule has 5 heteroatoms. The van der Waals surface area contributed by atoms with Gasteiger partial charge in [0.2, 0.25) is 5.91 Å². The Balaban J connectivity index is 2.37. The van der Waals surface area contributed by atoms with Crippen LogP contribution in [-0.4, -0.2) is 42.5 Å². The number of nitrogens with zero attached hydrogens (tertiary/aromatic N) is 1. The SMILES string of the molecule is C=C(CNC(C)C)CN1C(=O)CNC1=O. The molecule has 1 saturated heterocycles. The van der Waals surface area contributed by atoms with E-state index in [-0.39, 0.29) is 18.5 Å². The van der Waals surface area contributed by atoms with Gasteiger partial charge >= 0.3 is 6.03 Å². The minimum Gasteiger partial charge on any atom is -0.329 e. The number of rotatable bonds is 5. The third-order valence-electron chi connectivity index (χ3n) is 2.08. The predicted octanol–water partition coefficient (Wildman–Crippen LogP) is 0.0924. The summed E-state index contributed by atoms with van der Waals surface area (Å²) in [4.78, 5) is 23.6. The Hall–Kier alpha value is -1.36. The standard InChI is InChI=1S/C10H17N3O2/c1-7(2)11-4-8(3)6-13-9(14)5-12-10(13)15/h7,11H,3-6H2,1-2H3,(H,12,15). The van der Waals surface area contributed by atoms with Crippen molar-refractivity contribution in [3.05, 3.63) is 12.2 Å². The van der Waals surface area contributed by atoms with Gasteiger partial charge in [-0.1, -0.05) is 20.4 Å². The molecule has 1 heterocycles. The molecule has 2 N–H and O–H groups in total. The molecule has 1 aliphatic rings. The van der Waals surface area contributed by atoms with Crippen LogP contribution in [-0.2, 0) is 4.79 Å². The van der Waals surface area contributed by atoms with E-state index in [0.29, 0.717) is 19.1 Å². The Morgan fingerprint density at radius 1 is 1.60 bits per heavy atom. The van der Waals surface area contributed by atoms with Gasteiger partial charge in [0.25, 0.3) is 0 Å². The Bertz CT molecular complexity index is 270. The number of carbonyl (C=O) groups is 2. The summed E-state index contributed by atoms with van der Waals surface area (Å²) >= 11 is 0. The zero-order valence-electron chi connectivity index (χ0n) is 9.17. The molecule has 84 valence electrons. The second-order valence-corrected chi connectivity index (χ2v) is 3.92. The van der Waals surface area contributed by atoms with Gasteiger partial charge in [0.05, 0.1) is 13.1 Å². The zero-order chi connectivity index (χ0) is 11.4. The van der Waals surface area contributed by atoms with Gasteiger partial charge in [0, 0.05) is 12.6 Å². The van der Waals surface area contributed by atoms with Crippen molar-refractivity contribution in [3.63, 3.8) is 0 Å². The first-order valence-electron chi connectivity index (χ1n) is 4.99. The second kappa shape index (κ2) is 4.93. The van der Waals surface area contributed by atoms with E-state index >= 15 is 0 Å². The van der Waals surface area contributed by atoms with Gasteiger partial charge in [-0.25, -0.2) is 4.79 Å². The molecule has 1 aliphatic heterocycles. The van der Waals surface area contributed by atoms with Gasteiger partial charge < -0.3 is 10.6 Å². The van der Waals surface area contributed by atoms with Crippen molar-refractivity contribution >= 4 is 11.9 Å². The maximum atomic E-state index is 11.2. The van der Waals surface area contributed by atoms with Gasteiger partial charge in [-0.05, 0) is 5.57 Å². The van der Waals surface area contributed by atoms with Gasteiger partial charge in [0.15, 0.2) is 0 Å². The Kier molecular flexibility index (Phi) is 3.85. The van der Waals surface area contributed by atoms with Crippen molar-refractivity contribution in [3.8, 4) is 0 Å². The van der Waals surface area contributed by atoms with Gasteiger partial charge in [0.1, 0.15) is 0 Å². The Morgan fingerprint density at radius 3 is 2.73 bits per heavy atom. The summed E-state index contributed by atoms with van der Waals surface area (Å²) < 4.78 is 0. The summed E-state index contributed by atoms with van der Waals surface area (Å²) in [7, 11) is 0. The average Bonchev–Trinajstić information content (AvgIpc) is 2.46. The highest BCUT2D eigenvalue weighted by Gasteiger charge is 2.28. The third-order valence-corrected chi connectivity index (χ3v) is 2.08. The van der Waals surface area contributed by atoms with E-state index in [2.05, 4.69) is 17.2 Å². The quantitative estimate of drug-likeness (QED) is 0.500. The van der Waals surface area contributed by atoms with Crippen LogP contribution in [0.4, 0.5) is 4.79 Å². The molecule has 0 aliphatic carbocycles. The van der Waals surface area contributed by atoms with Crippen molar-refractivity contribution in [1.82, 2.24) is 15.5 Å². The topological polar surface area (TPSA) is 61.4 Å². The third kappa shape index (κ3) is 3.36. The van der Waals surface area contributed by atoms with Crippen LogP contribution in [0.1, 0.15) is 13.8 Å². The van der Waals surface area contributed by atoms with E-state index in [1.165, 1.54) is 4.90 Å². The number of urea groups is 1. The van der Waals surface area contributed by atoms with E-state index in [0.717, 1.165) is 5.57 Å². The first-order valence-corrected chi connectivity index (χ1v) is 4.99. The fourth-order valence-electron chi connectivity index (χ4n) is 1.24. The molecule has 0 spiro atoms. The minimum atomic E-state index is -0.328. The lowest BCUT2D eigenvalue weighted by molar-refractivity contribution is -0.124. The highest BCUT2D eigenvalue weighted by Crippen LogP contribution is 2.02. The lowest BCUT2D eigenvalue weighted by Gasteiger charge is -2.15. The van der Waals surface area contributed by atoms with E-state index in [9.17, 15) is 9.59 Å². The lowest BCUT2D eigenvalue weighted by Crippen LogP contribution is -2.35. The molecule has 0 unspecified atom stereocenters. The van der Waals surface area contributed by atoms with Crippen molar-refractivity contribution in [2.45, 2.75) is 19.9 Å². The molecule has 0 aromatic carbocycles. The summed E-state index contributed by atoms with van der Waals surface area (Å²) in [5, 5.41) is 5.65. The molecular formula is C10H17N3O2. The highest BCUT2D eigenvalue weighted by molar-refractivity contribution is 6.02. The number of carbonyl (C=O) groups excluding carboxylic acids is 2. The first kappa shape index (κ1) is 11.7. The fraction of sp³-hybridized carbons (Fsp3) is 0.600. The van der Waals surface area contributed by atoms with Crippen molar-refractivity contribution in [2.75, 3.05) is 19.6 Å². The molecule has 0 saturated carbocycles. The summed E-state index contributed by atoms with van der Waals surface area (Å²) in [6.07, 6.45) is 0. The lowest BCUT2D eigenvalue weighted by atomic mass is 10.2. The van der Waals surface area contributed by atoms with Crippen LogP contribution in [0.2, 0.25) is 0 Å². The summed E-state index contributed by atoms with van der Waals surface area (Å²) in [6, 6.07) is 0.0375. The summed E-state index contributed by atoms with van der Waals surface area (Å²) in [5.74, 6) is -0.189. The van der Waals surface area contributed by atoms with E-state index in [4.69, 9.17) is 0 Å². The van der Waals surface area contributed by atoms with E-state index < -0.39 is 0 Å². The first-order chi connectivity index (χ1) is 7.00. The van der Waals surface area contributed by atoms with E-state index in [1.54, 1.807) is 0 Å². The van der Waals surface area contributed by atoms with Crippen LogP contribution in [0.3, 0.4) is 0 Å². The number of hydrogen-bond donors (Lipinski definition) is 2. The van der Waals surface area contributed by atoms with Gasteiger partial charge in [-0.2, -0.15) is 0 Å². The number of nitrogens with one attached hydrogen (secondary N) is 2. The molecule has 0 aromatic heterocycles. The molecule has 5 nitrogen and oxygen atoms in total. The molecule has 1 fully saturated rings. The minimum absolute atomic E-state index is 0.101. The fourth-order valence-corrected chi connectivity index (χ4v) is 1.24. The number of imide groups is 1. The van der Waals surface area contributed by atoms with Crippen LogP contribution in [0, 0.1) is 0 Å². The van der Waals surface area contributed by atoms with Crippen LogP contribution in [0.15, 0.2) is 12.2 Å². The number of hydrogen-bond acceptors (Lipinski definition) is 3. The smallest absolute Gasteiger partial charge is 0.324 e.